The second-order valence-corrected chi connectivity index (χ2v) is 9.15. The van der Waals surface area contributed by atoms with Gasteiger partial charge in [0, 0.05) is 51.5 Å². The van der Waals surface area contributed by atoms with Crippen molar-refractivity contribution in [1.82, 2.24) is 15.0 Å². The molecule has 1 atom stereocenters. The van der Waals surface area contributed by atoms with Gasteiger partial charge in [-0.3, -0.25) is 0 Å². The van der Waals surface area contributed by atoms with Gasteiger partial charge in [0.15, 0.2) is 11.5 Å². The van der Waals surface area contributed by atoms with Crippen molar-refractivity contribution in [2.75, 3.05) is 31.0 Å². The first-order chi connectivity index (χ1) is 18.1. The molecule has 1 aliphatic heterocycles. The topological polar surface area (TPSA) is 92.4 Å². The number of methoxy groups -OCH3 is 2. The number of nitrogens with zero attached hydrogens (tertiary/aromatic N) is 3. The number of carbonyl (C=O) groups is 1. The standard InChI is InChI=1S/C29H27N5O3/c1-17-28(20-6-4-5-7-22(20)32-17)25(15-35)34-11-10-18-12-19(8-9-24(18)34)33-29-21-13-26(36-2)27(37-3)14-23(21)30-16-31-29/h4-9,12-16,25,32H,10-11H2,1-3H3,(H,30,31,33). The molecule has 0 bridgehead atoms. The summed E-state index contributed by atoms with van der Waals surface area (Å²) in [6.45, 7) is 2.81. The van der Waals surface area contributed by atoms with E-state index in [4.69, 9.17) is 9.47 Å². The zero-order valence-electron chi connectivity index (χ0n) is 20.9. The fourth-order valence-electron chi connectivity index (χ4n) is 5.39. The molecule has 0 aliphatic carbocycles. The maximum Gasteiger partial charge on any atom is 0.162 e. The van der Waals surface area contributed by atoms with E-state index in [1.54, 1.807) is 14.2 Å². The lowest BCUT2D eigenvalue weighted by atomic mass is 10.0. The summed E-state index contributed by atoms with van der Waals surface area (Å²) in [5, 5.41) is 5.36. The third-order valence-electron chi connectivity index (χ3n) is 7.12. The maximum absolute atomic E-state index is 12.4. The molecule has 3 heterocycles. The van der Waals surface area contributed by atoms with Crippen LogP contribution in [-0.2, 0) is 11.2 Å². The number of hydrogen-bond donors (Lipinski definition) is 2. The normalized spacial score (nSPS) is 13.5. The minimum absolute atomic E-state index is 0.357. The van der Waals surface area contributed by atoms with Crippen molar-refractivity contribution < 1.29 is 14.3 Å². The fourth-order valence-corrected chi connectivity index (χ4v) is 5.39. The van der Waals surface area contributed by atoms with Crippen molar-refractivity contribution in [2.24, 2.45) is 0 Å². The highest BCUT2D eigenvalue weighted by Gasteiger charge is 2.30. The number of nitrogens with one attached hydrogen (secondary N) is 2. The Hall–Kier alpha value is -4.59. The molecule has 186 valence electrons. The number of aromatic amines is 1. The number of aromatic nitrogens is 3. The van der Waals surface area contributed by atoms with Gasteiger partial charge in [0.05, 0.1) is 19.7 Å². The van der Waals surface area contributed by atoms with Crippen molar-refractivity contribution in [2.45, 2.75) is 19.4 Å². The third kappa shape index (κ3) is 3.81. The molecule has 6 rings (SSSR count). The number of rotatable bonds is 7. The molecule has 2 N–H and O–H groups in total. The summed E-state index contributed by atoms with van der Waals surface area (Å²) in [6.07, 6.45) is 3.44. The maximum atomic E-state index is 12.4. The Morgan fingerprint density at radius 3 is 2.65 bits per heavy atom. The molecular weight excluding hydrogens is 466 g/mol. The average molecular weight is 494 g/mol. The summed E-state index contributed by atoms with van der Waals surface area (Å²) < 4.78 is 10.9. The predicted molar refractivity (Wildman–Crippen MR) is 145 cm³/mol. The van der Waals surface area contributed by atoms with Gasteiger partial charge in [-0.1, -0.05) is 18.2 Å². The smallest absolute Gasteiger partial charge is 0.162 e. The second-order valence-electron chi connectivity index (χ2n) is 9.15. The largest absolute Gasteiger partial charge is 0.493 e. The molecule has 0 amide bonds. The van der Waals surface area contributed by atoms with Crippen molar-refractivity contribution in [3.05, 3.63) is 77.7 Å². The van der Waals surface area contributed by atoms with Crippen LogP contribution in [0.1, 0.15) is 22.9 Å². The zero-order valence-corrected chi connectivity index (χ0v) is 20.9. The van der Waals surface area contributed by atoms with E-state index in [0.29, 0.717) is 17.3 Å². The first-order valence-corrected chi connectivity index (χ1v) is 12.2. The summed E-state index contributed by atoms with van der Waals surface area (Å²) in [4.78, 5) is 26.9. The summed E-state index contributed by atoms with van der Waals surface area (Å²) >= 11 is 0. The summed E-state index contributed by atoms with van der Waals surface area (Å²) in [6, 6.07) is 17.7. The molecular formula is C29H27N5O3. The Kier molecular flexibility index (Phi) is 5.64. The van der Waals surface area contributed by atoms with Gasteiger partial charge < -0.3 is 29.5 Å². The van der Waals surface area contributed by atoms with Gasteiger partial charge in [-0.15, -0.1) is 0 Å². The highest BCUT2D eigenvalue weighted by atomic mass is 16.5. The number of aryl methyl sites for hydroxylation is 1. The average Bonchev–Trinajstić information content (AvgIpc) is 3.49. The van der Waals surface area contributed by atoms with Gasteiger partial charge in [0.25, 0.3) is 0 Å². The molecule has 0 fully saturated rings. The quantitative estimate of drug-likeness (QED) is 0.290. The Bertz CT molecular complexity index is 1640. The molecule has 1 unspecified atom stereocenters. The van der Waals surface area contributed by atoms with Gasteiger partial charge >= 0.3 is 0 Å². The number of carbonyl (C=O) groups excluding carboxylic acids is 1. The Balaban J connectivity index is 1.33. The monoisotopic (exact) mass is 493 g/mol. The van der Waals surface area contributed by atoms with Crippen LogP contribution in [0.5, 0.6) is 11.5 Å². The molecule has 2 aromatic heterocycles. The van der Waals surface area contributed by atoms with E-state index in [9.17, 15) is 4.79 Å². The molecule has 8 heteroatoms. The Labute approximate surface area is 214 Å². The first-order valence-electron chi connectivity index (χ1n) is 12.2. The predicted octanol–water partition coefficient (Wildman–Crippen LogP) is 5.48. The van der Waals surface area contributed by atoms with Crippen molar-refractivity contribution >= 4 is 45.3 Å². The highest BCUT2D eigenvalue weighted by Crippen LogP contribution is 2.40. The number of anilines is 3. The van der Waals surface area contributed by atoms with Crippen LogP contribution in [-0.4, -0.2) is 42.0 Å². The van der Waals surface area contributed by atoms with Crippen LogP contribution < -0.4 is 19.7 Å². The third-order valence-corrected chi connectivity index (χ3v) is 7.12. The van der Waals surface area contributed by atoms with Gasteiger partial charge in [0.2, 0.25) is 0 Å². The van der Waals surface area contributed by atoms with Crippen LogP contribution in [0.4, 0.5) is 17.2 Å². The van der Waals surface area contributed by atoms with Gasteiger partial charge in [-0.2, -0.15) is 0 Å². The van der Waals surface area contributed by atoms with E-state index >= 15 is 0 Å². The minimum Gasteiger partial charge on any atom is -0.493 e. The molecule has 0 saturated carbocycles. The minimum atomic E-state index is -0.357. The van der Waals surface area contributed by atoms with Crippen LogP contribution in [0.25, 0.3) is 21.8 Å². The zero-order chi connectivity index (χ0) is 25.5. The van der Waals surface area contributed by atoms with Crippen molar-refractivity contribution in [3.63, 3.8) is 0 Å². The number of ether oxygens (including phenoxy) is 2. The van der Waals surface area contributed by atoms with Crippen LogP contribution in [0.15, 0.2) is 60.9 Å². The molecule has 3 aromatic carbocycles. The van der Waals surface area contributed by atoms with Gasteiger partial charge in [-0.05, 0) is 49.2 Å². The van der Waals surface area contributed by atoms with Crippen LogP contribution in [0, 0.1) is 6.92 Å². The molecule has 8 nitrogen and oxygen atoms in total. The van der Waals surface area contributed by atoms with Crippen molar-refractivity contribution in [1.29, 1.82) is 0 Å². The fraction of sp³-hybridized carbons (Fsp3) is 0.207. The number of H-pyrrole nitrogens is 1. The number of hydrogen-bond acceptors (Lipinski definition) is 7. The molecule has 0 radical (unpaired) electrons. The Morgan fingerprint density at radius 1 is 1.03 bits per heavy atom. The summed E-state index contributed by atoms with van der Waals surface area (Å²) in [5.41, 5.74) is 7.04. The Morgan fingerprint density at radius 2 is 1.84 bits per heavy atom. The van der Waals surface area contributed by atoms with E-state index in [1.807, 2.05) is 43.3 Å². The van der Waals surface area contributed by atoms with E-state index in [1.165, 1.54) is 11.9 Å². The number of benzene rings is 3. The summed E-state index contributed by atoms with van der Waals surface area (Å²) in [5.74, 6) is 1.92. The lowest BCUT2D eigenvalue weighted by Gasteiger charge is -2.27. The van der Waals surface area contributed by atoms with Crippen LogP contribution in [0.2, 0.25) is 0 Å². The molecule has 0 saturated heterocycles. The first kappa shape index (κ1) is 22.8. The van der Waals surface area contributed by atoms with Gasteiger partial charge in [0.1, 0.15) is 24.5 Å². The molecule has 0 spiro atoms. The van der Waals surface area contributed by atoms with E-state index in [0.717, 1.165) is 63.7 Å². The lowest BCUT2D eigenvalue weighted by Crippen LogP contribution is -2.28. The van der Waals surface area contributed by atoms with Gasteiger partial charge in [-0.25, -0.2) is 9.97 Å². The lowest BCUT2D eigenvalue weighted by molar-refractivity contribution is -0.109. The van der Waals surface area contributed by atoms with E-state index < -0.39 is 0 Å². The van der Waals surface area contributed by atoms with Crippen molar-refractivity contribution in [3.8, 4) is 11.5 Å². The highest BCUT2D eigenvalue weighted by molar-refractivity contribution is 5.93. The molecule has 5 aromatic rings. The number of para-hydroxylation sites is 1. The van der Waals surface area contributed by atoms with Crippen LogP contribution in [0.3, 0.4) is 0 Å². The SMILES string of the molecule is COc1cc2ncnc(Nc3ccc4c(c3)CCN4C(C=O)c3c(C)[nH]c4ccccc34)c2cc1OC. The number of aldehydes is 1. The summed E-state index contributed by atoms with van der Waals surface area (Å²) in [7, 11) is 3.21. The number of fused-ring (bicyclic) bond motifs is 3. The van der Waals surface area contributed by atoms with Crippen LogP contribution >= 0.6 is 0 Å². The molecule has 37 heavy (non-hydrogen) atoms. The van der Waals surface area contributed by atoms with E-state index in [-0.39, 0.29) is 6.04 Å². The second kappa shape index (κ2) is 9.13. The van der Waals surface area contributed by atoms with E-state index in [2.05, 4.69) is 43.4 Å². The molecule has 1 aliphatic rings.